The molecule has 0 saturated carbocycles. The van der Waals surface area contributed by atoms with Crippen molar-refractivity contribution in [2.45, 2.75) is 51.5 Å². The summed E-state index contributed by atoms with van der Waals surface area (Å²) in [6.07, 6.45) is 2.92. The van der Waals surface area contributed by atoms with E-state index in [1.807, 2.05) is 19.9 Å². The van der Waals surface area contributed by atoms with E-state index >= 15 is 0 Å². The molecule has 0 aromatic carbocycles. The van der Waals surface area contributed by atoms with Gasteiger partial charge in [0.15, 0.2) is 10.9 Å². The summed E-state index contributed by atoms with van der Waals surface area (Å²) < 4.78 is 6.36. The van der Waals surface area contributed by atoms with E-state index in [1.54, 1.807) is 33.2 Å². The van der Waals surface area contributed by atoms with Gasteiger partial charge in [-0.25, -0.2) is 9.78 Å². The van der Waals surface area contributed by atoms with Crippen molar-refractivity contribution in [1.29, 1.82) is 0 Å². The lowest BCUT2D eigenvalue weighted by Crippen LogP contribution is -2.27. The highest BCUT2D eigenvalue weighted by Crippen LogP contribution is 2.31. The number of rotatable bonds is 7. The van der Waals surface area contributed by atoms with Crippen molar-refractivity contribution in [1.82, 2.24) is 14.9 Å². The molecule has 0 saturated heterocycles. The molecule has 11 heteroatoms. The van der Waals surface area contributed by atoms with E-state index in [9.17, 15) is 9.59 Å². The zero-order valence-electron chi connectivity index (χ0n) is 18.0. The van der Waals surface area contributed by atoms with Crippen LogP contribution in [-0.2, 0) is 11.2 Å². The zero-order chi connectivity index (χ0) is 23.2. The van der Waals surface area contributed by atoms with Crippen LogP contribution in [-0.4, -0.2) is 49.8 Å². The number of halogens is 1. The first-order valence-electron chi connectivity index (χ1n) is 9.63. The molecule has 2 rings (SSSR count). The third-order valence-electron chi connectivity index (χ3n) is 3.89. The standard InChI is InChI=1S/C20H25BrN4O3S3/c1-6-25(7-2)19(29)30-14-11-22-9-8-12(14)10-13(26)15-16(21)23-17(31-15)24-18(27)28-20(3,4)5/h8-9,11H,6-7,10H2,1-5H3,(H,23,24,27). The van der Waals surface area contributed by atoms with Crippen LogP contribution >= 0.6 is 51.2 Å². The number of thiocarbonyl (C=S) groups is 1. The number of ether oxygens (including phenoxy) is 1. The minimum Gasteiger partial charge on any atom is -0.444 e. The molecule has 2 heterocycles. The van der Waals surface area contributed by atoms with Crippen LogP contribution in [0.5, 0.6) is 0 Å². The lowest BCUT2D eigenvalue weighted by Gasteiger charge is -2.21. The molecule has 1 N–H and O–H groups in total. The van der Waals surface area contributed by atoms with Crippen LogP contribution in [0.3, 0.4) is 0 Å². The number of hydrogen-bond donors (Lipinski definition) is 1. The van der Waals surface area contributed by atoms with Crippen LogP contribution in [0.2, 0.25) is 0 Å². The van der Waals surface area contributed by atoms with Crippen molar-refractivity contribution in [3.63, 3.8) is 0 Å². The van der Waals surface area contributed by atoms with Crippen LogP contribution in [0.15, 0.2) is 28.0 Å². The molecule has 0 aliphatic carbocycles. The normalized spacial score (nSPS) is 11.2. The number of amides is 1. The molecule has 2 aromatic heterocycles. The highest BCUT2D eigenvalue weighted by molar-refractivity contribution is 9.10. The number of Topliss-reactive ketones (excluding diaryl/α,β-unsaturated/α-hetero) is 1. The zero-order valence-corrected chi connectivity index (χ0v) is 22.1. The Hall–Kier alpha value is -1.56. The molecule has 0 radical (unpaired) electrons. The second kappa shape index (κ2) is 11.3. The lowest BCUT2D eigenvalue weighted by molar-refractivity contribution is 0.0635. The smallest absolute Gasteiger partial charge is 0.413 e. The second-order valence-corrected chi connectivity index (χ2v) is 10.8. The van der Waals surface area contributed by atoms with Crippen LogP contribution in [0, 0.1) is 0 Å². The molecule has 0 unspecified atom stereocenters. The van der Waals surface area contributed by atoms with Gasteiger partial charge in [0.1, 0.15) is 19.4 Å². The molecule has 7 nitrogen and oxygen atoms in total. The molecule has 0 atom stereocenters. The Morgan fingerprint density at radius 1 is 1.32 bits per heavy atom. The topological polar surface area (TPSA) is 84.4 Å². The van der Waals surface area contributed by atoms with Gasteiger partial charge in [-0.15, -0.1) is 0 Å². The first-order chi connectivity index (χ1) is 14.5. The largest absolute Gasteiger partial charge is 0.444 e. The van der Waals surface area contributed by atoms with E-state index in [0.29, 0.717) is 9.48 Å². The van der Waals surface area contributed by atoms with Gasteiger partial charge < -0.3 is 9.64 Å². The number of hydrogen-bond acceptors (Lipinski definition) is 8. The molecule has 31 heavy (non-hydrogen) atoms. The summed E-state index contributed by atoms with van der Waals surface area (Å²) in [7, 11) is 0. The number of carbonyl (C=O) groups excluding carboxylic acids is 2. The van der Waals surface area contributed by atoms with E-state index in [4.69, 9.17) is 17.0 Å². The number of nitrogens with one attached hydrogen (secondary N) is 1. The summed E-state index contributed by atoms with van der Waals surface area (Å²) >= 11 is 11.4. The van der Waals surface area contributed by atoms with Crippen molar-refractivity contribution in [3.05, 3.63) is 33.5 Å². The maximum atomic E-state index is 13.0. The van der Waals surface area contributed by atoms with Crippen molar-refractivity contribution in [2.24, 2.45) is 0 Å². The monoisotopic (exact) mass is 544 g/mol. The minimum absolute atomic E-state index is 0.122. The van der Waals surface area contributed by atoms with Gasteiger partial charge in [0, 0.05) is 36.8 Å². The lowest BCUT2D eigenvalue weighted by atomic mass is 10.1. The number of thiazole rings is 1. The molecule has 168 valence electrons. The number of aromatic nitrogens is 2. The molecule has 0 bridgehead atoms. The van der Waals surface area contributed by atoms with Gasteiger partial charge in [0.05, 0.1) is 0 Å². The van der Waals surface area contributed by atoms with Crippen LogP contribution < -0.4 is 5.32 Å². The first-order valence-corrected chi connectivity index (χ1v) is 12.5. The molecular weight excluding hydrogens is 520 g/mol. The van der Waals surface area contributed by atoms with E-state index in [0.717, 1.165) is 39.2 Å². The summed E-state index contributed by atoms with van der Waals surface area (Å²) in [6.45, 7) is 11.1. The first kappa shape index (κ1) is 25.7. The van der Waals surface area contributed by atoms with Gasteiger partial charge in [-0.2, -0.15) is 0 Å². The fraction of sp³-hybridized carbons (Fsp3) is 0.450. The number of thioether (sulfide) groups is 1. The second-order valence-electron chi connectivity index (χ2n) is 7.39. The summed E-state index contributed by atoms with van der Waals surface area (Å²) in [4.78, 5) is 36.7. The minimum atomic E-state index is -0.627. The number of pyridine rings is 1. The fourth-order valence-electron chi connectivity index (χ4n) is 2.46. The quantitative estimate of drug-likeness (QED) is 0.266. The van der Waals surface area contributed by atoms with Gasteiger partial charge >= 0.3 is 6.09 Å². The average molecular weight is 546 g/mol. The van der Waals surface area contributed by atoms with Crippen molar-refractivity contribution in [2.75, 3.05) is 18.4 Å². The van der Waals surface area contributed by atoms with E-state index in [2.05, 4.69) is 36.1 Å². The third kappa shape index (κ3) is 7.81. The Kier molecular flexibility index (Phi) is 9.41. The van der Waals surface area contributed by atoms with E-state index in [1.165, 1.54) is 11.8 Å². The molecule has 0 spiro atoms. The summed E-state index contributed by atoms with van der Waals surface area (Å²) in [5.74, 6) is -0.122. The Labute approximate surface area is 204 Å². The molecule has 0 fully saturated rings. The summed E-state index contributed by atoms with van der Waals surface area (Å²) in [5, 5.41) is 2.86. The van der Waals surface area contributed by atoms with Gasteiger partial charge in [-0.1, -0.05) is 35.3 Å². The van der Waals surface area contributed by atoms with Crippen LogP contribution in [0.4, 0.5) is 9.93 Å². The van der Waals surface area contributed by atoms with Gasteiger partial charge in [-0.3, -0.25) is 15.1 Å². The number of nitrogens with zero attached hydrogens (tertiary/aromatic N) is 3. The Morgan fingerprint density at radius 2 is 2.00 bits per heavy atom. The molecule has 1 amide bonds. The van der Waals surface area contributed by atoms with Crippen molar-refractivity contribution >= 4 is 72.6 Å². The van der Waals surface area contributed by atoms with E-state index < -0.39 is 11.7 Å². The third-order valence-corrected chi connectivity index (χ3v) is 7.26. The number of ketones is 1. The van der Waals surface area contributed by atoms with Crippen molar-refractivity contribution < 1.29 is 14.3 Å². The SMILES string of the molecule is CCN(CC)C(=S)Sc1cnccc1CC(=O)c1sc(NC(=O)OC(C)(C)C)nc1Br. The number of anilines is 1. The Bertz CT molecular complexity index is 955. The highest BCUT2D eigenvalue weighted by Gasteiger charge is 2.22. The molecular formula is C20H25BrN4O3S3. The molecule has 2 aromatic rings. The maximum Gasteiger partial charge on any atom is 0.413 e. The van der Waals surface area contributed by atoms with Gasteiger partial charge in [-0.05, 0) is 62.2 Å². The summed E-state index contributed by atoms with van der Waals surface area (Å²) in [5.41, 5.74) is 0.208. The van der Waals surface area contributed by atoms with Crippen molar-refractivity contribution in [3.8, 4) is 0 Å². The van der Waals surface area contributed by atoms with E-state index in [-0.39, 0.29) is 17.3 Å². The molecule has 0 aliphatic rings. The predicted molar refractivity (Wildman–Crippen MR) is 133 cm³/mol. The van der Waals surface area contributed by atoms with Crippen LogP contribution in [0.1, 0.15) is 49.9 Å². The van der Waals surface area contributed by atoms with Gasteiger partial charge in [0.25, 0.3) is 0 Å². The fourth-order valence-corrected chi connectivity index (χ4v) is 5.49. The van der Waals surface area contributed by atoms with Crippen LogP contribution in [0.25, 0.3) is 0 Å². The molecule has 0 aliphatic heterocycles. The Balaban J connectivity index is 2.13. The predicted octanol–water partition coefficient (Wildman–Crippen LogP) is 5.79. The number of carbonyl (C=O) groups is 2. The average Bonchev–Trinajstić information content (AvgIpc) is 3.02. The summed E-state index contributed by atoms with van der Waals surface area (Å²) in [6, 6.07) is 1.82. The highest BCUT2D eigenvalue weighted by atomic mass is 79.9. The van der Waals surface area contributed by atoms with Gasteiger partial charge in [0.2, 0.25) is 0 Å². The maximum absolute atomic E-state index is 13.0. The Morgan fingerprint density at radius 3 is 2.61 bits per heavy atom.